The van der Waals surface area contributed by atoms with Crippen LogP contribution in [0.25, 0.3) is 0 Å². The molecule has 0 spiro atoms. The van der Waals surface area contributed by atoms with Gasteiger partial charge in [-0.15, -0.1) is 0 Å². The summed E-state index contributed by atoms with van der Waals surface area (Å²) < 4.78 is 13.0. The van der Waals surface area contributed by atoms with Crippen molar-refractivity contribution >= 4 is 5.91 Å². The molecule has 0 heterocycles. The van der Waals surface area contributed by atoms with Crippen molar-refractivity contribution in [3.05, 3.63) is 71.5 Å². The molecule has 1 fully saturated rings. The van der Waals surface area contributed by atoms with Crippen LogP contribution in [0.5, 0.6) is 0 Å². The summed E-state index contributed by atoms with van der Waals surface area (Å²) in [6.07, 6.45) is 1.14. The number of benzene rings is 2. The molecule has 1 saturated carbocycles. The number of rotatable bonds is 5. The predicted octanol–water partition coefficient (Wildman–Crippen LogP) is 3.98. The average Bonchev–Trinajstić information content (AvgIpc) is 3.29. The van der Waals surface area contributed by atoms with Crippen LogP contribution in [0.4, 0.5) is 4.39 Å². The van der Waals surface area contributed by atoms with E-state index >= 15 is 0 Å². The van der Waals surface area contributed by atoms with Gasteiger partial charge in [0.05, 0.1) is 0 Å². The molecule has 3 rings (SSSR count). The molecule has 2 nitrogen and oxygen atoms in total. The number of hydrogen-bond donors (Lipinski definition) is 0. The fourth-order valence-electron chi connectivity index (χ4n) is 2.96. The fraction of sp³-hybridized carbons (Fsp3) is 0.316. The van der Waals surface area contributed by atoms with Crippen LogP contribution < -0.4 is 0 Å². The number of halogens is 1. The van der Waals surface area contributed by atoms with Gasteiger partial charge in [-0.3, -0.25) is 4.79 Å². The van der Waals surface area contributed by atoms with E-state index < -0.39 is 0 Å². The highest BCUT2D eigenvalue weighted by Crippen LogP contribution is 2.47. The second-order valence-electron chi connectivity index (χ2n) is 6.04. The van der Waals surface area contributed by atoms with E-state index in [0.29, 0.717) is 18.4 Å². The van der Waals surface area contributed by atoms with E-state index in [1.54, 1.807) is 19.1 Å². The SMILES string of the molecule is CC(=O)N(Cc1ccc(F)cc1)CC1CC1c1ccccc1. The Morgan fingerprint density at radius 3 is 2.45 bits per heavy atom. The quantitative estimate of drug-likeness (QED) is 0.817. The molecule has 1 aliphatic carbocycles. The lowest BCUT2D eigenvalue weighted by molar-refractivity contribution is -0.129. The second-order valence-corrected chi connectivity index (χ2v) is 6.04. The second kappa shape index (κ2) is 6.30. The first-order chi connectivity index (χ1) is 10.6. The van der Waals surface area contributed by atoms with Crippen molar-refractivity contribution in [3.63, 3.8) is 0 Å². The molecule has 0 N–H and O–H groups in total. The highest BCUT2D eigenvalue weighted by Gasteiger charge is 2.39. The van der Waals surface area contributed by atoms with E-state index in [1.807, 2.05) is 11.0 Å². The summed E-state index contributed by atoms with van der Waals surface area (Å²) in [7, 11) is 0. The van der Waals surface area contributed by atoms with Crippen LogP contribution in [0.15, 0.2) is 54.6 Å². The number of carbonyl (C=O) groups is 1. The predicted molar refractivity (Wildman–Crippen MR) is 84.8 cm³/mol. The van der Waals surface area contributed by atoms with Gasteiger partial charge < -0.3 is 4.90 Å². The normalized spacial score (nSPS) is 19.7. The van der Waals surface area contributed by atoms with Gasteiger partial charge >= 0.3 is 0 Å². The maximum absolute atomic E-state index is 13.0. The van der Waals surface area contributed by atoms with Crippen molar-refractivity contribution in [2.45, 2.75) is 25.8 Å². The molecule has 3 heteroatoms. The van der Waals surface area contributed by atoms with Crippen LogP contribution in [-0.4, -0.2) is 17.4 Å². The van der Waals surface area contributed by atoms with Crippen LogP contribution in [0.3, 0.4) is 0 Å². The fourth-order valence-corrected chi connectivity index (χ4v) is 2.96. The highest BCUT2D eigenvalue weighted by atomic mass is 19.1. The molecule has 114 valence electrons. The molecule has 0 saturated heterocycles. The average molecular weight is 297 g/mol. The van der Waals surface area contributed by atoms with Gasteiger partial charge in [-0.05, 0) is 41.5 Å². The van der Waals surface area contributed by atoms with Crippen molar-refractivity contribution in [2.75, 3.05) is 6.54 Å². The van der Waals surface area contributed by atoms with Crippen molar-refractivity contribution < 1.29 is 9.18 Å². The lowest BCUT2D eigenvalue weighted by Crippen LogP contribution is -2.30. The summed E-state index contributed by atoms with van der Waals surface area (Å²) in [6.45, 7) is 2.92. The monoisotopic (exact) mass is 297 g/mol. The van der Waals surface area contributed by atoms with Gasteiger partial charge in [0.25, 0.3) is 0 Å². The van der Waals surface area contributed by atoms with Gasteiger partial charge in [-0.25, -0.2) is 4.39 Å². The third-order valence-electron chi connectivity index (χ3n) is 4.34. The van der Waals surface area contributed by atoms with E-state index in [-0.39, 0.29) is 11.7 Å². The molecule has 2 aromatic rings. The van der Waals surface area contributed by atoms with Gasteiger partial charge in [-0.2, -0.15) is 0 Å². The first-order valence-corrected chi connectivity index (χ1v) is 7.68. The topological polar surface area (TPSA) is 20.3 Å². The Balaban J connectivity index is 1.61. The van der Waals surface area contributed by atoms with Crippen LogP contribution in [0.1, 0.15) is 30.4 Å². The molecule has 0 radical (unpaired) electrons. The van der Waals surface area contributed by atoms with Crippen molar-refractivity contribution in [1.82, 2.24) is 4.90 Å². The Hall–Kier alpha value is -2.16. The largest absolute Gasteiger partial charge is 0.338 e. The third kappa shape index (κ3) is 3.53. The Morgan fingerprint density at radius 1 is 1.14 bits per heavy atom. The summed E-state index contributed by atoms with van der Waals surface area (Å²) in [4.78, 5) is 13.7. The zero-order chi connectivity index (χ0) is 15.5. The minimum absolute atomic E-state index is 0.0723. The molecule has 1 aliphatic rings. The Morgan fingerprint density at radius 2 is 1.82 bits per heavy atom. The molecule has 22 heavy (non-hydrogen) atoms. The standard InChI is InChI=1S/C19H20FNO/c1-14(22)21(12-15-7-9-18(20)10-8-15)13-17-11-19(17)16-5-3-2-4-6-16/h2-10,17,19H,11-13H2,1H3. The van der Waals surface area contributed by atoms with Crippen LogP contribution in [0, 0.1) is 11.7 Å². The van der Waals surface area contributed by atoms with Gasteiger partial charge in [-0.1, -0.05) is 42.5 Å². The van der Waals surface area contributed by atoms with E-state index in [0.717, 1.165) is 18.5 Å². The summed E-state index contributed by atoms with van der Waals surface area (Å²) in [6, 6.07) is 16.8. The number of amides is 1. The molecule has 0 aromatic heterocycles. The summed E-state index contributed by atoms with van der Waals surface area (Å²) in [5.74, 6) is 0.926. The maximum Gasteiger partial charge on any atom is 0.219 e. The Bertz CT molecular complexity index is 638. The molecule has 0 bridgehead atoms. The van der Waals surface area contributed by atoms with Gasteiger partial charge in [0.15, 0.2) is 0 Å². The van der Waals surface area contributed by atoms with E-state index in [1.165, 1.54) is 17.7 Å². The van der Waals surface area contributed by atoms with Crippen molar-refractivity contribution in [1.29, 1.82) is 0 Å². The molecular formula is C19H20FNO. The molecule has 2 atom stereocenters. The first kappa shape index (κ1) is 14.8. The lowest BCUT2D eigenvalue weighted by Gasteiger charge is -2.21. The summed E-state index contributed by atoms with van der Waals surface area (Å²) in [5, 5.41) is 0. The number of carbonyl (C=O) groups excluding carboxylic acids is 1. The van der Waals surface area contributed by atoms with Crippen LogP contribution in [-0.2, 0) is 11.3 Å². The molecular weight excluding hydrogens is 277 g/mol. The third-order valence-corrected chi connectivity index (χ3v) is 4.34. The number of nitrogens with zero attached hydrogens (tertiary/aromatic N) is 1. The van der Waals surface area contributed by atoms with E-state index in [2.05, 4.69) is 24.3 Å². The zero-order valence-corrected chi connectivity index (χ0v) is 12.7. The molecule has 1 amide bonds. The van der Waals surface area contributed by atoms with Gasteiger partial charge in [0.2, 0.25) is 5.91 Å². The van der Waals surface area contributed by atoms with Crippen molar-refractivity contribution in [3.8, 4) is 0 Å². The number of hydrogen-bond acceptors (Lipinski definition) is 1. The van der Waals surface area contributed by atoms with E-state index in [9.17, 15) is 9.18 Å². The Kier molecular flexibility index (Phi) is 4.23. The van der Waals surface area contributed by atoms with Crippen LogP contribution in [0.2, 0.25) is 0 Å². The van der Waals surface area contributed by atoms with Gasteiger partial charge in [0, 0.05) is 20.0 Å². The van der Waals surface area contributed by atoms with E-state index in [4.69, 9.17) is 0 Å². The lowest BCUT2D eigenvalue weighted by atomic mass is 10.1. The van der Waals surface area contributed by atoms with Crippen LogP contribution >= 0.6 is 0 Å². The highest BCUT2D eigenvalue weighted by molar-refractivity contribution is 5.73. The summed E-state index contributed by atoms with van der Waals surface area (Å²) >= 11 is 0. The molecule has 0 aliphatic heterocycles. The zero-order valence-electron chi connectivity index (χ0n) is 12.7. The molecule has 2 unspecified atom stereocenters. The van der Waals surface area contributed by atoms with Gasteiger partial charge in [0.1, 0.15) is 5.82 Å². The summed E-state index contributed by atoms with van der Waals surface area (Å²) in [5.41, 5.74) is 2.33. The first-order valence-electron chi connectivity index (χ1n) is 7.68. The van der Waals surface area contributed by atoms with Crippen molar-refractivity contribution in [2.24, 2.45) is 5.92 Å². The minimum Gasteiger partial charge on any atom is -0.338 e. The minimum atomic E-state index is -0.246. The maximum atomic E-state index is 13.0. The smallest absolute Gasteiger partial charge is 0.219 e. The Labute approximate surface area is 130 Å². The molecule has 2 aromatic carbocycles.